The molecule has 0 aliphatic rings. The number of hydrogen-bond acceptors (Lipinski definition) is 7. The van der Waals surface area contributed by atoms with Gasteiger partial charge < -0.3 is 19.3 Å². The van der Waals surface area contributed by atoms with Crippen LogP contribution < -0.4 is 0 Å². The van der Waals surface area contributed by atoms with E-state index in [1.54, 1.807) is 0 Å². The van der Waals surface area contributed by atoms with Crippen molar-refractivity contribution in [1.82, 2.24) is 0 Å². The summed E-state index contributed by atoms with van der Waals surface area (Å²) >= 11 is 0. The van der Waals surface area contributed by atoms with E-state index in [1.807, 2.05) is 32.9 Å². The summed E-state index contributed by atoms with van der Waals surface area (Å²) in [7, 11) is 0. The minimum absolute atomic E-state index is 0.0508. The normalized spacial score (nSPS) is 14.0. The second-order valence-corrected chi connectivity index (χ2v) is 17.3. The number of hydrogen-bond donors (Lipinski definition) is 1. The van der Waals surface area contributed by atoms with Crippen molar-refractivity contribution in [3.63, 3.8) is 0 Å². The maximum absolute atomic E-state index is 13.5. The van der Waals surface area contributed by atoms with Crippen LogP contribution in [0.2, 0.25) is 0 Å². The van der Waals surface area contributed by atoms with Crippen LogP contribution in [0.3, 0.4) is 0 Å². The minimum Gasteiger partial charge on any atom is -0.507 e. The number of halogens is 13. The van der Waals surface area contributed by atoms with Crippen molar-refractivity contribution in [2.45, 2.75) is 162 Å². The molecule has 0 bridgehead atoms. The van der Waals surface area contributed by atoms with Crippen LogP contribution in [0.15, 0.2) is 12.1 Å². The van der Waals surface area contributed by atoms with E-state index in [4.69, 9.17) is 9.47 Å². The van der Waals surface area contributed by atoms with Gasteiger partial charge in [-0.25, -0.2) is 0 Å². The van der Waals surface area contributed by atoms with Crippen molar-refractivity contribution in [1.29, 1.82) is 0 Å². The van der Waals surface area contributed by atoms with Crippen molar-refractivity contribution in [2.24, 2.45) is 10.8 Å². The Morgan fingerprint density at radius 3 is 1.25 bits per heavy atom. The molecule has 0 saturated heterocycles. The Balaban J connectivity index is 0.00000114. The van der Waals surface area contributed by atoms with E-state index >= 15 is 0 Å². The molecule has 0 atom stereocenters. The largest absolute Gasteiger partial charge is 0.507 e. The third-order valence-corrected chi connectivity index (χ3v) is 9.50. The lowest BCUT2D eigenvalue weighted by atomic mass is 9.78. The van der Waals surface area contributed by atoms with E-state index in [0.717, 1.165) is 16.7 Å². The number of phenols is 1. The van der Waals surface area contributed by atoms with Gasteiger partial charge in [-0.05, 0) is 74.5 Å². The van der Waals surface area contributed by atoms with E-state index in [0.29, 0.717) is 18.6 Å². The van der Waals surface area contributed by atoms with Crippen molar-refractivity contribution in [3.8, 4) is 5.75 Å². The number of benzene rings is 1. The maximum Gasteiger partial charge on any atom is 0.460 e. The summed E-state index contributed by atoms with van der Waals surface area (Å²) in [6, 6.07) is 3.96. The van der Waals surface area contributed by atoms with Crippen LogP contribution >= 0.6 is 0 Å². The van der Waals surface area contributed by atoms with Gasteiger partial charge in [-0.1, -0.05) is 67.5 Å². The summed E-state index contributed by atoms with van der Waals surface area (Å²) < 4.78 is 182. The molecule has 0 unspecified atom stereocenters. The topological polar surface area (TPSA) is 99.1 Å². The van der Waals surface area contributed by atoms with Gasteiger partial charge in [0.1, 0.15) is 19.0 Å². The lowest BCUT2D eigenvalue weighted by Crippen LogP contribution is -2.70. The van der Waals surface area contributed by atoms with E-state index in [1.165, 1.54) is 20.8 Å². The third kappa shape index (κ3) is 13.3. The van der Waals surface area contributed by atoms with Crippen LogP contribution in [0, 0.1) is 10.8 Å². The van der Waals surface area contributed by atoms with Crippen molar-refractivity contribution in [3.05, 3.63) is 28.8 Å². The highest BCUT2D eigenvalue weighted by molar-refractivity contribution is 5.76. The van der Waals surface area contributed by atoms with E-state index < -0.39 is 65.6 Å². The quantitative estimate of drug-likeness (QED) is 0.0720. The summed E-state index contributed by atoms with van der Waals surface area (Å²) in [5.41, 5.74) is 0.471. The molecule has 0 aliphatic heterocycles. The van der Waals surface area contributed by atoms with Gasteiger partial charge in [0, 0.05) is 6.42 Å². The van der Waals surface area contributed by atoms with Gasteiger partial charge in [-0.3, -0.25) is 14.4 Å². The predicted molar refractivity (Wildman–Crippen MR) is 190 cm³/mol. The number of rotatable bonds is 17. The van der Waals surface area contributed by atoms with Crippen LogP contribution in [0.1, 0.15) is 125 Å². The lowest BCUT2D eigenvalue weighted by molar-refractivity contribution is -0.440. The van der Waals surface area contributed by atoms with E-state index in [2.05, 4.69) is 46.3 Å². The molecule has 0 aromatic heterocycles. The molecule has 7 nitrogen and oxygen atoms in total. The monoisotopic (exact) mass is 882 g/mol. The predicted octanol–water partition coefficient (Wildman–Crippen LogP) is 11.5. The second kappa shape index (κ2) is 19.1. The molecule has 1 aromatic carbocycles. The van der Waals surface area contributed by atoms with Gasteiger partial charge in [-0.15, -0.1) is 0 Å². The van der Waals surface area contributed by atoms with E-state index in [-0.39, 0.29) is 48.8 Å². The molecular formula is C39H55F13O7. The zero-order valence-electron chi connectivity index (χ0n) is 35.1. The van der Waals surface area contributed by atoms with Crippen LogP contribution in [-0.4, -0.2) is 78.6 Å². The summed E-state index contributed by atoms with van der Waals surface area (Å²) in [6.07, 6.45) is -8.53. The smallest absolute Gasteiger partial charge is 0.460 e. The van der Waals surface area contributed by atoms with Crippen LogP contribution in [0.4, 0.5) is 57.1 Å². The van der Waals surface area contributed by atoms with E-state index in [9.17, 15) is 76.6 Å². The Kier molecular flexibility index (Phi) is 17.9. The Morgan fingerprint density at radius 2 is 0.898 bits per heavy atom. The zero-order valence-corrected chi connectivity index (χ0v) is 35.1. The number of carbonyl (C=O) groups is 3. The van der Waals surface area contributed by atoms with Gasteiger partial charge in [-0.2, -0.15) is 57.1 Å². The summed E-state index contributed by atoms with van der Waals surface area (Å²) in [4.78, 5) is 35.5. The highest BCUT2D eigenvalue weighted by atomic mass is 19.4. The standard InChI is InChI=1S/C25H40O5.C14H15F13O2/c1-10-25(8,9)22(28)30-14-13-29-20(26)12-11-17-15-18(23(2,3)4)21(27)19(16-17)24(5,6)7;1-4-8(2,3)7(28)29-6-5-9(15,16)10(17,18)11(19,20)12(21,22)13(23,24)14(25,26)27/h15-16,27H,10-14H2,1-9H3;4-6H2,1-3H3. The Bertz CT molecular complexity index is 1550. The van der Waals surface area contributed by atoms with Crippen molar-refractivity contribution < 1.29 is 90.8 Å². The molecule has 0 saturated carbocycles. The highest BCUT2D eigenvalue weighted by Crippen LogP contribution is 2.60. The number of phenolic OH excluding ortho intramolecular Hbond substituents is 1. The van der Waals surface area contributed by atoms with Crippen LogP contribution in [0.25, 0.3) is 0 Å². The van der Waals surface area contributed by atoms with Gasteiger partial charge in [0.25, 0.3) is 0 Å². The first-order valence-electron chi connectivity index (χ1n) is 18.4. The highest BCUT2D eigenvalue weighted by Gasteiger charge is 2.90. The molecule has 1 aromatic rings. The van der Waals surface area contributed by atoms with Crippen LogP contribution in [-0.2, 0) is 45.8 Å². The average Bonchev–Trinajstić information content (AvgIpc) is 3.07. The van der Waals surface area contributed by atoms with Gasteiger partial charge >= 0.3 is 53.7 Å². The molecule has 0 radical (unpaired) electrons. The zero-order chi connectivity index (χ0) is 47.2. The first kappa shape index (κ1) is 55.5. The van der Waals surface area contributed by atoms with Crippen molar-refractivity contribution >= 4 is 17.9 Å². The Labute approximate surface area is 335 Å². The van der Waals surface area contributed by atoms with Gasteiger partial charge in [0.05, 0.1) is 23.9 Å². The first-order valence-corrected chi connectivity index (χ1v) is 18.4. The Morgan fingerprint density at radius 1 is 0.542 bits per heavy atom. The fourth-order valence-electron chi connectivity index (χ4n) is 4.50. The Hall–Kier alpha value is -3.48. The average molecular weight is 883 g/mol. The molecule has 0 fully saturated rings. The first-order chi connectivity index (χ1) is 26.0. The summed E-state index contributed by atoms with van der Waals surface area (Å²) in [5, 5.41) is 10.8. The molecule has 0 spiro atoms. The number of aryl methyl sites for hydroxylation is 1. The summed E-state index contributed by atoms with van der Waals surface area (Å²) in [6.45, 7) is 20.2. The van der Waals surface area contributed by atoms with Gasteiger partial charge in [0.15, 0.2) is 0 Å². The molecule has 0 heterocycles. The number of esters is 3. The lowest BCUT2D eigenvalue weighted by Gasteiger charge is -2.39. The van der Waals surface area contributed by atoms with Gasteiger partial charge in [0.2, 0.25) is 0 Å². The molecular weight excluding hydrogens is 827 g/mol. The SMILES string of the molecule is CCC(C)(C)C(=O)OCCC(F)(F)C(F)(F)C(F)(F)C(F)(F)C(F)(F)C(F)(F)F.CCC(C)(C)C(=O)OCCOC(=O)CCc1cc(C(C)(C)C)c(O)c(C(C)(C)C)c1. The fourth-order valence-corrected chi connectivity index (χ4v) is 4.50. The molecule has 0 amide bonds. The molecule has 59 heavy (non-hydrogen) atoms. The number of ether oxygens (including phenoxy) is 3. The third-order valence-electron chi connectivity index (χ3n) is 9.50. The van der Waals surface area contributed by atoms with Crippen LogP contribution in [0.5, 0.6) is 5.75 Å². The minimum atomic E-state index is -7.94. The maximum atomic E-state index is 13.5. The molecule has 1 N–H and O–H groups in total. The molecule has 1 rings (SSSR count). The van der Waals surface area contributed by atoms with Crippen molar-refractivity contribution in [2.75, 3.05) is 19.8 Å². The summed E-state index contributed by atoms with van der Waals surface area (Å²) in [5.74, 6) is -38.7. The number of alkyl halides is 13. The molecule has 20 heteroatoms. The molecule has 0 aliphatic carbocycles. The molecule has 344 valence electrons. The number of aromatic hydroxyl groups is 1. The number of carbonyl (C=O) groups excluding carboxylic acids is 3. The fraction of sp³-hybridized carbons (Fsp3) is 0.769. The second-order valence-electron chi connectivity index (χ2n) is 17.3.